The van der Waals surface area contributed by atoms with Gasteiger partial charge < -0.3 is 20.1 Å². The minimum absolute atomic E-state index is 0.0660. The summed E-state index contributed by atoms with van der Waals surface area (Å²) in [6.07, 6.45) is 37.1. The fraction of sp³-hybridized carbons (Fsp3) is 0.865. The standard InChI is InChI=1S/C37H72NO7P/c1-3-5-7-9-11-13-15-17-19-21-23-25-27-29-32-42-36(35-45-46(40,41)44-33-31-38)34-43-37(39)30-28-26-24-22-20-18-16-14-12-10-8-6-4-2/h14,16,29,32,36H,3-13,15,17-28,30-31,33-35,38H2,1-2H3,(H,40,41). The Morgan fingerprint density at radius 2 is 1.11 bits per heavy atom. The molecule has 0 heterocycles. The Morgan fingerprint density at radius 3 is 1.63 bits per heavy atom. The van der Waals surface area contributed by atoms with Crippen LogP contribution in [0.15, 0.2) is 24.5 Å². The molecule has 46 heavy (non-hydrogen) atoms. The second-order valence-electron chi connectivity index (χ2n) is 12.5. The molecule has 0 rings (SSSR count). The van der Waals surface area contributed by atoms with Crippen LogP contribution in [0.1, 0.15) is 174 Å². The van der Waals surface area contributed by atoms with Crippen LogP contribution in [0.3, 0.4) is 0 Å². The number of unbranched alkanes of at least 4 members (excludes halogenated alkanes) is 21. The summed E-state index contributed by atoms with van der Waals surface area (Å²) in [4.78, 5) is 22.1. The van der Waals surface area contributed by atoms with Gasteiger partial charge in [-0.3, -0.25) is 13.8 Å². The van der Waals surface area contributed by atoms with Gasteiger partial charge in [0.15, 0.2) is 6.10 Å². The number of phosphoric ester groups is 1. The summed E-state index contributed by atoms with van der Waals surface area (Å²) in [6, 6.07) is 0. The molecule has 2 atom stereocenters. The van der Waals surface area contributed by atoms with E-state index < -0.39 is 13.9 Å². The highest BCUT2D eigenvalue weighted by Crippen LogP contribution is 2.43. The Morgan fingerprint density at radius 1 is 0.652 bits per heavy atom. The van der Waals surface area contributed by atoms with Gasteiger partial charge in [-0.25, -0.2) is 4.57 Å². The summed E-state index contributed by atoms with van der Waals surface area (Å²) in [7, 11) is -4.26. The molecule has 2 unspecified atom stereocenters. The van der Waals surface area contributed by atoms with E-state index in [2.05, 4.69) is 26.0 Å². The molecule has 0 radical (unpaired) electrons. The van der Waals surface area contributed by atoms with E-state index in [0.717, 1.165) is 38.5 Å². The van der Waals surface area contributed by atoms with Crippen molar-refractivity contribution in [1.29, 1.82) is 0 Å². The van der Waals surface area contributed by atoms with Crippen LogP contribution in [0.5, 0.6) is 0 Å². The van der Waals surface area contributed by atoms with Gasteiger partial charge in [-0.1, -0.05) is 135 Å². The largest absolute Gasteiger partial charge is 0.492 e. The van der Waals surface area contributed by atoms with Gasteiger partial charge in [-0.2, -0.15) is 0 Å². The Balaban J connectivity index is 4.15. The highest BCUT2D eigenvalue weighted by atomic mass is 31.2. The third-order valence-electron chi connectivity index (χ3n) is 7.96. The zero-order chi connectivity index (χ0) is 33.8. The molecule has 0 aliphatic rings. The summed E-state index contributed by atoms with van der Waals surface area (Å²) < 4.78 is 33.0. The number of esters is 1. The highest BCUT2D eigenvalue weighted by Gasteiger charge is 2.24. The van der Waals surface area contributed by atoms with Crippen LogP contribution >= 0.6 is 7.82 Å². The zero-order valence-electron chi connectivity index (χ0n) is 29.8. The van der Waals surface area contributed by atoms with Crippen LogP contribution in [0.2, 0.25) is 0 Å². The highest BCUT2D eigenvalue weighted by molar-refractivity contribution is 7.47. The average Bonchev–Trinajstić information content (AvgIpc) is 3.05. The molecule has 0 spiro atoms. The number of allylic oxidation sites excluding steroid dienone is 3. The molecule has 0 saturated heterocycles. The molecule has 0 aromatic rings. The first-order valence-electron chi connectivity index (χ1n) is 18.9. The first-order valence-corrected chi connectivity index (χ1v) is 20.4. The van der Waals surface area contributed by atoms with Crippen molar-refractivity contribution in [2.24, 2.45) is 5.73 Å². The topological polar surface area (TPSA) is 117 Å². The van der Waals surface area contributed by atoms with Gasteiger partial charge in [-0.05, 0) is 51.0 Å². The van der Waals surface area contributed by atoms with Crippen LogP contribution in [0, 0.1) is 0 Å². The summed E-state index contributed by atoms with van der Waals surface area (Å²) in [5, 5.41) is 0. The molecule has 0 aromatic heterocycles. The van der Waals surface area contributed by atoms with Crippen LogP contribution in [-0.2, 0) is 27.9 Å². The molecular weight excluding hydrogens is 601 g/mol. The molecular formula is C37H72NO7P. The lowest BCUT2D eigenvalue weighted by atomic mass is 10.0. The summed E-state index contributed by atoms with van der Waals surface area (Å²) >= 11 is 0. The first kappa shape index (κ1) is 44.8. The second-order valence-corrected chi connectivity index (χ2v) is 14.0. The monoisotopic (exact) mass is 674 g/mol. The van der Waals surface area contributed by atoms with Crippen molar-refractivity contribution in [3.8, 4) is 0 Å². The lowest BCUT2D eigenvalue weighted by molar-refractivity contribution is -0.147. The Hall–Kier alpha value is -1.18. The maximum Gasteiger partial charge on any atom is 0.472 e. The predicted molar refractivity (Wildman–Crippen MR) is 192 cm³/mol. The van der Waals surface area contributed by atoms with Crippen LogP contribution in [-0.4, -0.2) is 43.3 Å². The van der Waals surface area contributed by atoms with Gasteiger partial charge in [0.05, 0.1) is 19.5 Å². The van der Waals surface area contributed by atoms with E-state index in [-0.39, 0.29) is 32.3 Å². The number of carbonyl (C=O) groups excluding carboxylic acids is 1. The number of nitrogens with two attached hydrogens (primary N) is 1. The maximum absolute atomic E-state index is 12.3. The van der Waals surface area contributed by atoms with Gasteiger partial charge in [0.25, 0.3) is 0 Å². The van der Waals surface area contributed by atoms with E-state index in [4.69, 9.17) is 24.3 Å². The minimum Gasteiger partial charge on any atom is -0.492 e. The van der Waals surface area contributed by atoms with E-state index >= 15 is 0 Å². The smallest absolute Gasteiger partial charge is 0.472 e. The molecule has 0 bridgehead atoms. The molecule has 0 aliphatic heterocycles. The van der Waals surface area contributed by atoms with E-state index in [1.165, 1.54) is 116 Å². The average molecular weight is 674 g/mol. The van der Waals surface area contributed by atoms with E-state index in [1.54, 1.807) is 6.26 Å². The van der Waals surface area contributed by atoms with Crippen molar-refractivity contribution in [3.63, 3.8) is 0 Å². The predicted octanol–water partition coefficient (Wildman–Crippen LogP) is 10.9. The molecule has 0 aromatic carbocycles. The van der Waals surface area contributed by atoms with Crippen molar-refractivity contribution < 1.29 is 32.8 Å². The molecule has 0 aliphatic carbocycles. The summed E-state index contributed by atoms with van der Waals surface area (Å²) in [5.74, 6) is -0.299. The van der Waals surface area contributed by atoms with E-state index in [0.29, 0.717) is 6.42 Å². The van der Waals surface area contributed by atoms with Gasteiger partial charge in [0.1, 0.15) is 6.61 Å². The summed E-state index contributed by atoms with van der Waals surface area (Å²) in [6.45, 7) is 4.19. The van der Waals surface area contributed by atoms with Gasteiger partial charge in [0.2, 0.25) is 0 Å². The molecule has 272 valence electrons. The van der Waals surface area contributed by atoms with Crippen LogP contribution in [0.4, 0.5) is 0 Å². The molecule has 9 heteroatoms. The Kier molecular flexibility index (Phi) is 34.2. The quantitative estimate of drug-likeness (QED) is 0.0222. The zero-order valence-corrected chi connectivity index (χ0v) is 30.7. The second kappa shape index (κ2) is 35.1. The van der Waals surface area contributed by atoms with Gasteiger partial charge in [-0.15, -0.1) is 0 Å². The summed E-state index contributed by atoms with van der Waals surface area (Å²) in [5.41, 5.74) is 5.34. The SMILES string of the molecule is CCCCCCC=CCCCCCCCC(=O)OCC(COP(=O)(O)OCCN)OC=CCCCCCCCCCCCCCC. The lowest BCUT2D eigenvalue weighted by Gasteiger charge is -2.19. The number of hydrogen-bond donors (Lipinski definition) is 2. The van der Waals surface area contributed by atoms with Gasteiger partial charge in [0, 0.05) is 13.0 Å². The number of hydrogen-bond acceptors (Lipinski definition) is 7. The minimum atomic E-state index is -4.26. The van der Waals surface area contributed by atoms with Crippen LogP contribution < -0.4 is 5.73 Å². The maximum atomic E-state index is 12.3. The van der Waals surface area contributed by atoms with Crippen molar-refractivity contribution in [2.75, 3.05) is 26.4 Å². The van der Waals surface area contributed by atoms with E-state index in [1.807, 2.05) is 6.08 Å². The molecule has 3 N–H and O–H groups in total. The molecule has 0 saturated carbocycles. The van der Waals surface area contributed by atoms with Crippen molar-refractivity contribution in [3.05, 3.63) is 24.5 Å². The fourth-order valence-electron chi connectivity index (χ4n) is 5.09. The molecule has 8 nitrogen and oxygen atoms in total. The van der Waals surface area contributed by atoms with Crippen molar-refractivity contribution >= 4 is 13.8 Å². The first-order chi connectivity index (χ1) is 22.4. The van der Waals surface area contributed by atoms with Crippen molar-refractivity contribution in [2.45, 2.75) is 180 Å². The number of ether oxygens (including phenoxy) is 2. The Labute approximate surface area is 283 Å². The molecule has 0 amide bonds. The van der Waals surface area contributed by atoms with Crippen molar-refractivity contribution in [1.82, 2.24) is 0 Å². The van der Waals surface area contributed by atoms with Crippen LogP contribution in [0.25, 0.3) is 0 Å². The van der Waals surface area contributed by atoms with E-state index in [9.17, 15) is 14.3 Å². The third kappa shape index (κ3) is 34.2. The Bertz CT molecular complexity index is 762. The third-order valence-corrected chi connectivity index (χ3v) is 8.94. The normalized spacial score (nSPS) is 13.8. The number of carbonyl (C=O) groups is 1. The number of rotatable bonds is 36. The number of phosphoric acid groups is 1. The fourth-order valence-corrected chi connectivity index (χ4v) is 5.86. The lowest BCUT2D eigenvalue weighted by Crippen LogP contribution is -2.25. The van der Waals surface area contributed by atoms with Gasteiger partial charge >= 0.3 is 13.8 Å². The molecule has 0 fully saturated rings.